The van der Waals surface area contributed by atoms with Crippen LogP contribution in [0.25, 0.3) is 0 Å². The Hall–Kier alpha value is -3.14. The molecule has 0 bridgehead atoms. The molecule has 3 aromatic carbocycles. The first-order valence-corrected chi connectivity index (χ1v) is 11.5. The standard InChI is InChI=1S/C25H19Cl2F4N3O2/c26-16-3-1-13(21(27)9-16)8-22(32)24(36)34-11-14-2-5-18(7-15(14)12-34)33-23(35)19-10-17(28)4-6-20(19)25(29,30)31/h1-7,9-10,22H,8,11-12,32H2,(H,33,35). The number of nitrogens with zero attached hydrogens (tertiary/aromatic N) is 1. The molecule has 0 spiro atoms. The van der Waals surface area contributed by atoms with Crippen LogP contribution >= 0.6 is 23.2 Å². The molecule has 0 fully saturated rings. The van der Waals surface area contributed by atoms with Gasteiger partial charge in [-0.1, -0.05) is 35.3 Å². The molecule has 0 aliphatic carbocycles. The van der Waals surface area contributed by atoms with E-state index in [-0.39, 0.29) is 31.1 Å². The quantitative estimate of drug-likeness (QED) is 0.401. The van der Waals surface area contributed by atoms with Crippen molar-refractivity contribution in [2.75, 3.05) is 5.32 Å². The topological polar surface area (TPSA) is 75.4 Å². The number of carbonyl (C=O) groups is 2. The maximum Gasteiger partial charge on any atom is 0.417 e. The summed E-state index contributed by atoms with van der Waals surface area (Å²) >= 11 is 12.1. The number of hydrogen-bond donors (Lipinski definition) is 2. The molecule has 2 amide bonds. The van der Waals surface area contributed by atoms with E-state index in [1.165, 1.54) is 6.07 Å². The molecule has 36 heavy (non-hydrogen) atoms. The zero-order valence-electron chi connectivity index (χ0n) is 18.5. The first-order chi connectivity index (χ1) is 16.9. The Bertz CT molecular complexity index is 1350. The predicted molar refractivity (Wildman–Crippen MR) is 128 cm³/mol. The molecule has 188 valence electrons. The van der Waals surface area contributed by atoms with Gasteiger partial charge in [0.25, 0.3) is 5.91 Å². The van der Waals surface area contributed by atoms with Crippen LogP contribution in [0.2, 0.25) is 10.0 Å². The first kappa shape index (κ1) is 25.9. The van der Waals surface area contributed by atoms with Gasteiger partial charge in [0, 0.05) is 28.8 Å². The lowest BCUT2D eigenvalue weighted by atomic mass is 10.1. The number of amides is 2. The third-order valence-corrected chi connectivity index (χ3v) is 6.39. The highest BCUT2D eigenvalue weighted by atomic mass is 35.5. The molecular formula is C25H19Cl2F4N3O2. The minimum atomic E-state index is -4.83. The molecule has 1 atom stereocenters. The number of anilines is 1. The van der Waals surface area contributed by atoms with Crippen molar-refractivity contribution in [2.45, 2.75) is 31.7 Å². The normalized spacial score (nSPS) is 13.9. The number of fused-ring (bicyclic) bond motifs is 1. The largest absolute Gasteiger partial charge is 0.417 e. The summed E-state index contributed by atoms with van der Waals surface area (Å²) in [6, 6.07) is 10.5. The third-order valence-electron chi connectivity index (χ3n) is 5.80. The van der Waals surface area contributed by atoms with Gasteiger partial charge >= 0.3 is 6.18 Å². The van der Waals surface area contributed by atoms with Crippen molar-refractivity contribution >= 4 is 40.7 Å². The highest BCUT2D eigenvalue weighted by Gasteiger charge is 2.35. The molecule has 1 heterocycles. The Kier molecular flexibility index (Phi) is 7.26. The van der Waals surface area contributed by atoms with Crippen molar-refractivity contribution in [1.82, 2.24) is 4.90 Å². The third kappa shape index (κ3) is 5.64. The molecule has 0 saturated heterocycles. The minimum Gasteiger partial charge on any atom is -0.333 e. The zero-order valence-corrected chi connectivity index (χ0v) is 20.0. The molecule has 0 aromatic heterocycles. The summed E-state index contributed by atoms with van der Waals surface area (Å²) in [5.41, 5.74) is 6.46. The number of rotatable bonds is 5. The smallest absolute Gasteiger partial charge is 0.333 e. The highest BCUT2D eigenvalue weighted by Crippen LogP contribution is 2.33. The number of nitrogens with two attached hydrogens (primary N) is 1. The van der Waals surface area contributed by atoms with Crippen molar-refractivity contribution in [3.05, 3.63) is 98.3 Å². The van der Waals surface area contributed by atoms with E-state index in [1.54, 1.807) is 35.2 Å². The van der Waals surface area contributed by atoms with Crippen LogP contribution in [-0.4, -0.2) is 22.8 Å². The van der Waals surface area contributed by atoms with E-state index >= 15 is 0 Å². The molecule has 11 heteroatoms. The van der Waals surface area contributed by atoms with Crippen LogP contribution in [0, 0.1) is 5.82 Å². The van der Waals surface area contributed by atoms with Crippen molar-refractivity contribution in [3.63, 3.8) is 0 Å². The summed E-state index contributed by atoms with van der Waals surface area (Å²) in [5.74, 6) is -2.38. The van der Waals surface area contributed by atoms with Gasteiger partial charge in [0.05, 0.1) is 17.2 Å². The van der Waals surface area contributed by atoms with Gasteiger partial charge in [-0.05, 0) is 65.6 Å². The van der Waals surface area contributed by atoms with Gasteiger partial charge < -0.3 is 16.0 Å². The van der Waals surface area contributed by atoms with E-state index in [0.717, 1.165) is 5.56 Å². The van der Waals surface area contributed by atoms with Gasteiger partial charge in [0.2, 0.25) is 5.91 Å². The average molecular weight is 540 g/mol. The van der Waals surface area contributed by atoms with Crippen LogP contribution in [0.15, 0.2) is 54.6 Å². The average Bonchev–Trinajstić information content (AvgIpc) is 3.22. The lowest BCUT2D eigenvalue weighted by Crippen LogP contribution is -2.42. The summed E-state index contributed by atoms with van der Waals surface area (Å²) in [5, 5.41) is 3.25. The van der Waals surface area contributed by atoms with Gasteiger partial charge in [0.1, 0.15) is 5.82 Å². The van der Waals surface area contributed by atoms with Crippen molar-refractivity contribution in [1.29, 1.82) is 0 Å². The lowest BCUT2D eigenvalue weighted by molar-refractivity contribution is -0.138. The van der Waals surface area contributed by atoms with E-state index in [0.29, 0.717) is 39.4 Å². The van der Waals surface area contributed by atoms with Crippen LogP contribution in [0.1, 0.15) is 32.6 Å². The van der Waals surface area contributed by atoms with Gasteiger partial charge in [-0.25, -0.2) is 4.39 Å². The Morgan fingerprint density at radius 1 is 1.00 bits per heavy atom. The van der Waals surface area contributed by atoms with Crippen molar-refractivity contribution in [3.8, 4) is 0 Å². The van der Waals surface area contributed by atoms with Crippen LogP contribution in [-0.2, 0) is 30.5 Å². The molecule has 1 aliphatic rings. The van der Waals surface area contributed by atoms with Crippen LogP contribution in [0.5, 0.6) is 0 Å². The summed E-state index contributed by atoms with van der Waals surface area (Å²) in [6.45, 7) is 0.486. The van der Waals surface area contributed by atoms with Crippen LogP contribution in [0.4, 0.5) is 23.2 Å². The summed E-state index contributed by atoms with van der Waals surface area (Å²) in [7, 11) is 0. The number of nitrogens with one attached hydrogen (secondary N) is 1. The number of carbonyl (C=O) groups excluding carboxylic acids is 2. The zero-order chi connectivity index (χ0) is 26.2. The van der Waals surface area contributed by atoms with Crippen molar-refractivity contribution < 1.29 is 27.2 Å². The Balaban J connectivity index is 1.45. The monoisotopic (exact) mass is 539 g/mol. The molecular weight excluding hydrogens is 521 g/mol. The van der Waals surface area contributed by atoms with E-state index in [9.17, 15) is 27.2 Å². The fraction of sp³-hybridized carbons (Fsp3) is 0.200. The number of alkyl halides is 3. The van der Waals surface area contributed by atoms with E-state index in [2.05, 4.69) is 5.32 Å². The van der Waals surface area contributed by atoms with E-state index in [4.69, 9.17) is 28.9 Å². The summed E-state index contributed by atoms with van der Waals surface area (Å²) in [6.07, 6.45) is -4.62. The molecule has 0 radical (unpaired) electrons. The van der Waals surface area contributed by atoms with Crippen LogP contribution in [0.3, 0.4) is 0 Å². The summed E-state index contributed by atoms with van der Waals surface area (Å²) < 4.78 is 53.3. The van der Waals surface area contributed by atoms with Gasteiger partial charge in [-0.3, -0.25) is 9.59 Å². The lowest BCUT2D eigenvalue weighted by Gasteiger charge is -2.20. The number of hydrogen-bond acceptors (Lipinski definition) is 3. The van der Waals surface area contributed by atoms with Crippen LogP contribution < -0.4 is 11.1 Å². The van der Waals surface area contributed by atoms with Crippen molar-refractivity contribution in [2.24, 2.45) is 5.73 Å². The van der Waals surface area contributed by atoms with E-state index in [1.807, 2.05) is 0 Å². The fourth-order valence-corrected chi connectivity index (χ4v) is 4.51. The molecule has 3 N–H and O–H groups in total. The van der Waals surface area contributed by atoms with Gasteiger partial charge in [-0.15, -0.1) is 0 Å². The minimum absolute atomic E-state index is 0.202. The number of halogens is 6. The molecule has 3 aromatic rings. The molecule has 1 aliphatic heterocycles. The maximum absolute atomic E-state index is 13.6. The van der Waals surface area contributed by atoms with Gasteiger partial charge in [-0.2, -0.15) is 13.2 Å². The SMILES string of the molecule is NC(Cc1ccc(Cl)cc1Cl)C(=O)N1Cc2ccc(NC(=O)c3cc(F)ccc3C(F)(F)F)cc2C1. The Morgan fingerprint density at radius 3 is 2.42 bits per heavy atom. The van der Waals surface area contributed by atoms with Gasteiger partial charge in [0.15, 0.2) is 0 Å². The highest BCUT2D eigenvalue weighted by molar-refractivity contribution is 6.35. The molecule has 1 unspecified atom stereocenters. The first-order valence-electron chi connectivity index (χ1n) is 10.7. The molecule has 4 rings (SSSR count). The predicted octanol–water partition coefficient (Wildman–Crippen LogP) is 5.82. The Labute approximate surface area is 213 Å². The summed E-state index contributed by atoms with van der Waals surface area (Å²) in [4.78, 5) is 27.0. The Morgan fingerprint density at radius 2 is 1.72 bits per heavy atom. The van der Waals surface area contributed by atoms with E-state index < -0.39 is 35.1 Å². The maximum atomic E-state index is 13.6. The molecule has 5 nitrogen and oxygen atoms in total. The molecule has 0 saturated carbocycles. The second kappa shape index (κ2) is 10.1. The number of benzene rings is 3. The second-order valence-electron chi connectivity index (χ2n) is 8.37. The second-order valence-corrected chi connectivity index (χ2v) is 9.21. The fourth-order valence-electron chi connectivity index (χ4n) is 4.02.